The number of rotatable bonds is 5. The van der Waals surface area contributed by atoms with E-state index < -0.39 is 23.6 Å². The molecule has 0 radical (unpaired) electrons. The fourth-order valence-corrected chi connectivity index (χ4v) is 1.74. The van der Waals surface area contributed by atoms with Gasteiger partial charge in [0.05, 0.1) is 5.54 Å². The van der Waals surface area contributed by atoms with Gasteiger partial charge in [0.2, 0.25) is 0 Å². The zero-order valence-electron chi connectivity index (χ0n) is 11.4. The number of carboxylic acid groups (broad SMARTS) is 1. The van der Waals surface area contributed by atoms with Gasteiger partial charge in [0.25, 0.3) is 0 Å². The number of hydrogen-bond acceptors (Lipinski definition) is 2. The van der Waals surface area contributed by atoms with Crippen LogP contribution in [0.4, 0.5) is 4.79 Å². The molecule has 0 fully saturated rings. The smallest absolute Gasteiger partial charge is 0.326 e. The number of carbonyl (C=O) groups excluding carboxylic acids is 1. The third-order valence-corrected chi connectivity index (χ3v) is 2.93. The van der Waals surface area contributed by atoms with Crippen LogP contribution in [-0.4, -0.2) is 23.1 Å². The second kappa shape index (κ2) is 6.22. The summed E-state index contributed by atoms with van der Waals surface area (Å²) >= 11 is 0. The molecule has 1 unspecified atom stereocenters. The number of carbonyl (C=O) groups is 2. The van der Waals surface area contributed by atoms with E-state index in [1.807, 2.05) is 44.2 Å². The summed E-state index contributed by atoms with van der Waals surface area (Å²) in [6.45, 7) is 5.44. The number of aliphatic carboxylic acids is 1. The monoisotopic (exact) mass is 264 g/mol. The Bertz CT molecular complexity index is 443. The van der Waals surface area contributed by atoms with Crippen molar-refractivity contribution in [3.63, 3.8) is 0 Å². The molecular formula is C14H20N2O3. The van der Waals surface area contributed by atoms with E-state index in [0.717, 1.165) is 5.56 Å². The van der Waals surface area contributed by atoms with Gasteiger partial charge in [-0.25, -0.2) is 9.59 Å². The Morgan fingerprint density at radius 1 is 1.26 bits per heavy atom. The number of carboxylic acids is 1. The summed E-state index contributed by atoms with van der Waals surface area (Å²) in [6, 6.07) is 8.15. The molecule has 0 aliphatic heterocycles. The zero-order valence-corrected chi connectivity index (χ0v) is 11.4. The molecule has 1 rings (SSSR count). The first-order valence-corrected chi connectivity index (χ1v) is 6.24. The molecule has 104 valence electrons. The summed E-state index contributed by atoms with van der Waals surface area (Å²) in [5, 5.41) is 14.1. The summed E-state index contributed by atoms with van der Waals surface area (Å²) in [7, 11) is 0. The van der Waals surface area contributed by atoms with Gasteiger partial charge in [-0.3, -0.25) is 0 Å². The molecule has 0 aromatic heterocycles. The Hall–Kier alpha value is -2.04. The summed E-state index contributed by atoms with van der Waals surface area (Å²) in [5.74, 6) is -1.03. The van der Waals surface area contributed by atoms with Crippen LogP contribution < -0.4 is 10.6 Å². The fraction of sp³-hybridized carbons (Fsp3) is 0.429. The maximum atomic E-state index is 11.8. The highest BCUT2D eigenvalue weighted by atomic mass is 16.4. The van der Waals surface area contributed by atoms with Crippen molar-refractivity contribution in [1.82, 2.24) is 10.6 Å². The van der Waals surface area contributed by atoms with Crippen molar-refractivity contribution in [1.29, 1.82) is 0 Å². The average molecular weight is 264 g/mol. The van der Waals surface area contributed by atoms with E-state index in [9.17, 15) is 9.59 Å². The molecule has 1 atom stereocenters. The van der Waals surface area contributed by atoms with E-state index in [2.05, 4.69) is 10.6 Å². The van der Waals surface area contributed by atoms with Gasteiger partial charge >= 0.3 is 12.0 Å². The van der Waals surface area contributed by atoms with Crippen LogP contribution in [0.2, 0.25) is 0 Å². The predicted molar refractivity (Wildman–Crippen MR) is 72.9 cm³/mol. The van der Waals surface area contributed by atoms with E-state index in [1.165, 1.54) is 0 Å². The third-order valence-electron chi connectivity index (χ3n) is 2.93. The molecule has 0 heterocycles. The minimum absolute atomic E-state index is 0.342. The zero-order chi connectivity index (χ0) is 14.5. The summed E-state index contributed by atoms with van der Waals surface area (Å²) in [6.07, 6.45) is 0.342. The van der Waals surface area contributed by atoms with Crippen molar-refractivity contribution < 1.29 is 14.7 Å². The molecule has 0 saturated heterocycles. The van der Waals surface area contributed by atoms with Crippen molar-refractivity contribution in [2.45, 2.75) is 38.8 Å². The minimum Gasteiger partial charge on any atom is -0.480 e. The second-order valence-corrected chi connectivity index (χ2v) is 4.89. The average Bonchev–Trinajstić information content (AvgIpc) is 2.36. The highest BCUT2D eigenvalue weighted by Crippen LogP contribution is 2.19. The van der Waals surface area contributed by atoms with E-state index in [-0.39, 0.29) is 0 Å². The lowest BCUT2D eigenvalue weighted by Gasteiger charge is -2.27. The van der Waals surface area contributed by atoms with Gasteiger partial charge in [-0.15, -0.1) is 0 Å². The van der Waals surface area contributed by atoms with E-state index >= 15 is 0 Å². The molecular weight excluding hydrogens is 244 g/mol. The first kappa shape index (κ1) is 15.0. The van der Waals surface area contributed by atoms with Crippen LogP contribution in [0.25, 0.3) is 0 Å². The van der Waals surface area contributed by atoms with Crippen molar-refractivity contribution in [3.05, 3.63) is 35.9 Å². The van der Waals surface area contributed by atoms with E-state index in [4.69, 9.17) is 5.11 Å². The number of amides is 2. The maximum absolute atomic E-state index is 11.8. The van der Waals surface area contributed by atoms with Crippen LogP contribution in [0.3, 0.4) is 0 Å². The quantitative estimate of drug-likeness (QED) is 0.762. The van der Waals surface area contributed by atoms with Gasteiger partial charge in [-0.2, -0.15) is 0 Å². The van der Waals surface area contributed by atoms with Gasteiger partial charge in [0.15, 0.2) is 0 Å². The predicted octanol–water partition coefficient (Wildman–Crippen LogP) is 2.08. The minimum atomic E-state index is -1.03. The van der Waals surface area contributed by atoms with Gasteiger partial charge < -0.3 is 15.7 Å². The molecule has 2 amide bonds. The molecule has 0 spiro atoms. The molecule has 0 aliphatic rings. The van der Waals surface area contributed by atoms with Crippen molar-refractivity contribution >= 4 is 12.0 Å². The molecule has 5 nitrogen and oxygen atoms in total. The standard InChI is InChI=1S/C14H20N2O3/c1-4-11(12(17)18)15-13(19)16-14(2,3)10-8-6-5-7-9-10/h5-9,11H,4H2,1-3H3,(H,17,18)(H2,15,16,19). The molecule has 1 aromatic carbocycles. The Morgan fingerprint density at radius 2 is 1.84 bits per heavy atom. The second-order valence-electron chi connectivity index (χ2n) is 4.89. The lowest BCUT2D eigenvalue weighted by atomic mass is 9.94. The SMILES string of the molecule is CCC(NC(=O)NC(C)(C)c1ccccc1)C(=O)O. The van der Waals surface area contributed by atoms with E-state index in [1.54, 1.807) is 6.92 Å². The maximum Gasteiger partial charge on any atom is 0.326 e. The molecule has 19 heavy (non-hydrogen) atoms. The van der Waals surface area contributed by atoms with Crippen molar-refractivity contribution in [2.24, 2.45) is 0 Å². The number of hydrogen-bond donors (Lipinski definition) is 3. The molecule has 5 heteroatoms. The van der Waals surface area contributed by atoms with Crippen molar-refractivity contribution in [2.75, 3.05) is 0 Å². The van der Waals surface area contributed by atoms with Crippen LogP contribution in [0.5, 0.6) is 0 Å². The van der Waals surface area contributed by atoms with Gasteiger partial charge in [-0.1, -0.05) is 37.3 Å². The Kier molecular flexibility index (Phi) is 4.92. The Balaban J connectivity index is 2.68. The van der Waals surface area contributed by atoms with Gasteiger partial charge in [-0.05, 0) is 25.8 Å². The van der Waals surface area contributed by atoms with Crippen LogP contribution in [0, 0.1) is 0 Å². The lowest BCUT2D eigenvalue weighted by molar-refractivity contribution is -0.139. The number of benzene rings is 1. The first-order chi connectivity index (χ1) is 8.86. The molecule has 3 N–H and O–H groups in total. The summed E-state index contributed by atoms with van der Waals surface area (Å²) in [4.78, 5) is 22.7. The van der Waals surface area contributed by atoms with Crippen LogP contribution >= 0.6 is 0 Å². The fourth-order valence-electron chi connectivity index (χ4n) is 1.74. The van der Waals surface area contributed by atoms with Gasteiger partial charge in [0.1, 0.15) is 6.04 Å². The topological polar surface area (TPSA) is 78.4 Å². The number of urea groups is 1. The van der Waals surface area contributed by atoms with Crippen LogP contribution in [0.1, 0.15) is 32.8 Å². The largest absolute Gasteiger partial charge is 0.480 e. The molecule has 0 bridgehead atoms. The van der Waals surface area contributed by atoms with Crippen molar-refractivity contribution in [3.8, 4) is 0 Å². The van der Waals surface area contributed by atoms with Crippen LogP contribution in [0.15, 0.2) is 30.3 Å². The molecule has 1 aromatic rings. The third kappa shape index (κ3) is 4.28. The Labute approximate surface area is 113 Å². The molecule has 0 aliphatic carbocycles. The number of nitrogens with one attached hydrogen (secondary N) is 2. The first-order valence-electron chi connectivity index (χ1n) is 6.24. The van der Waals surface area contributed by atoms with Crippen LogP contribution in [-0.2, 0) is 10.3 Å². The van der Waals surface area contributed by atoms with E-state index in [0.29, 0.717) is 6.42 Å². The highest BCUT2D eigenvalue weighted by Gasteiger charge is 2.25. The highest BCUT2D eigenvalue weighted by molar-refractivity contribution is 5.82. The summed E-state index contributed by atoms with van der Waals surface area (Å²) in [5.41, 5.74) is 0.385. The lowest BCUT2D eigenvalue weighted by Crippen LogP contribution is -2.51. The van der Waals surface area contributed by atoms with Gasteiger partial charge in [0, 0.05) is 0 Å². The molecule has 0 saturated carbocycles. The summed E-state index contributed by atoms with van der Waals surface area (Å²) < 4.78 is 0. The normalized spacial score (nSPS) is 12.6. The Morgan fingerprint density at radius 3 is 2.32 bits per heavy atom.